The van der Waals surface area contributed by atoms with E-state index in [1.165, 1.54) is 0 Å². The van der Waals surface area contributed by atoms with Crippen molar-refractivity contribution in [2.45, 2.75) is 25.8 Å². The molecule has 1 heterocycles. The van der Waals surface area contributed by atoms with Crippen LogP contribution in [-0.4, -0.2) is 24.8 Å². The number of phenolic OH excluding ortho intramolecular Hbond substituents is 1. The molecule has 1 aromatic rings. The zero-order valence-electron chi connectivity index (χ0n) is 10.9. The molecular weight excluding hydrogens is 228 g/mol. The van der Waals surface area contributed by atoms with Crippen molar-refractivity contribution in [1.82, 2.24) is 5.32 Å². The van der Waals surface area contributed by atoms with Crippen molar-refractivity contribution < 1.29 is 9.84 Å². The SMILES string of the molecule is CCOc1cccc([C@H](N)C2CCNCC2)c1O. The number of rotatable bonds is 4. The second-order valence-electron chi connectivity index (χ2n) is 4.74. The van der Waals surface area contributed by atoms with Gasteiger partial charge in [-0.2, -0.15) is 0 Å². The lowest BCUT2D eigenvalue weighted by Gasteiger charge is -2.29. The van der Waals surface area contributed by atoms with E-state index in [4.69, 9.17) is 10.5 Å². The van der Waals surface area contributed by atoms with Crippen molar-refractivity contribution in [3.05, 3.63) is 23.8 Å². The van der Waals surface area contributed by atoms with Crippen molar-refractivity contribution >= 4 is 0 Å². The number of nitrogens with one attached hydrogen (secondary N) is 1. The molecule has 0 aliphatic carbocycles. The summed E-state index contributed by atoms with van der Waals surface area (Å²) >= 11 is 0. The molecule has 0 spiro atoms. The van der Waals surface area contributed by atoms with Gasteiger partial charge in [-0.05, 0) is 44.8 Å². The van der Waals surface area contributed by atoms with E-state index in [1.54, 1.807) is 6.07 Å². The number of aromatic hydroxyl groups is 1. The van der Waals surface area contributed by atoms with Gasteiger partial charge in [-0.25, -0.2) is 0 Å². The van der Waals surface area contributed by atoms with Gasteiger partial charge in [0.1, 0.15) is 0 Å². The summed E-state index contributed by atoms with van der Waals surface area (Å²) < 4.78 is 5.40. The Morgan fingerprint density at radius 1 is 1.44 bits per heavy atom. The van der Waals surface area contributed by atoms with Gasteiger partial charge in [0.05, 0.1) is 6.61 Å². The number of phenols is 1. The van der Waals surface area contributed by atoms with Gasteiger partial charge in [0.25, 0.3) is 0 Å². The number of para-hydroxylation sites is 1. The molecule has 100 valence electrons. The Bertz CT molecular complexity index is 389. The molecule has 1 aromatic carbocycles. The van der Waals surface area contributed by atoms with E-state index in [9.17, 15) is 5.11 Å². The number of hydrogen-bond donors (Lipinski definition) is 3. The highest BCUT2D eigenvalue weighted by Gasteiger charge is 2.24. The highest BCUT2D eigenvalue weighted by molar-refractivity contribution is 5.47. The van der Waals surface area contributed by atoms with E-state index in [-0.39, 0.29) is 11.8 Å². The van der Waals surface area contributed by atoms with Crippen molar-refractivity contribution in [2.75, 3.05) is 19.7 Å². The summed E-state index contributed by atoms with van der Waals surface area (Å²) in [4.78, 5) is 0. The molecule has 4 heteroatoms. The average molecular weight is 250 g/mol. The molecule has 0 saturated carbocycles. The average Bonchev–Trinajstić information content (AvgIpc) is 2.42. The minimum atomic E-state index is -0.118. The number of hydrogen-bond acceptors (Lipinski definition) is 4. The van der Waals surface area contributed by atoms with Crippen molar-refractivity contribution in [3.63, 3.8) is 0 Å². The van der Waals surface area contributed by atoms with Gasteiger partial charge in [-0.15, -0.1) is 0 Å². The largest absolute Gasteiger partial charge is 0.504 e. The Morgan fingerprint density at radius 3 is 2.83 bits per heavy atom. The summed E-state index contributed by atoms with van der Waals surface area (Å²) in [6.07, 6.45) is 2.11. The van der Waals surface area contributed by atoms with Gasteiger partial charge in [0, 0.05) is 11.6 Å². The molecule has 1 aliphatic rings. The minimum Gasteiger partial charge on any atom is -0.504 e. The molecule has 0 aromatic heterocycles. The van der Waals surface area contributed by atoms with Gasteiger partial charge in [0.15, 0.2) is 11.5 Å². The summed E-state index contributed by atoms with van der Waals surface area (Å²) in [5.41, 5.74) is 7.09. The Kier molecular flexibility index (Phi) is 4.44. The van der Waals surface area contributed by atoms with Gasteiger partial charge in [0.2, 0.25) is 0 Å². The Balaban J connectivity index is 2.18. The van der Waals surface area contributed by atoms with Gasteiger partial charge >= 0.3 is 0 Å². The minimum absolute atomic E-state index is 0.118. The normalized spacial score (nSPS) is 18.6. The van der Waals surface area contributed by atoms with Crippen molar-refractivity contribution in [3.8, 4) is 11.5 Å². The lowest BCUT2D eigenvalue weighted by atomic mass is 9.86. The number of piperidine rings is 1. The molecule has 1 saturated heterocycles. The predicted octanol–water partition coefficient (Wildman–Crippen LogP) is 1.79. The molecule has 0 amide bonds. The Morgan fingerprint density at radius 2 is 2.17 bits per heavy atom. The van der Waals surface area contributed by atoms with Crippen LogP contribution in [0, 0.1) is 5.92 Å². The fraction of sp³-hybridized carbons (Fsp3) is 0.571. The quantitative estimate of drug-likeness (QED) is 0.762. The highest BCUT2D eigenvalue weighted by atomic mass is 16.5. The first-order valence-corrected chi connectivity index (χ1v) is 6.65. The zero-order chi connectivity index (χ0) is 13.0. The Hall–Kier alpha value is -1.26. The molecule has 1 aliphatic heterocycles. The van der Waals surface area contributed by atoms with E-state index in [2.05, 4.69) is 5.32 Å². The monoisotopic (exact) mass is 250 g/mol. The third-order valence-electron chi connectivity index (χ3n) is 3.58. The van der Waals surface area contributed by atoms with Crippen LogP contribution in [0.3, 0.4) is 0 Å². The first-order valence-electron chi connectivity index (χ1n) is 6.65. The van der Waals surface area contributed by atoms with Gasteiger partial charge in [-0.3, -0.25) is 0 Å². The molecule has 1 fully saturated rings. The smallest absolute Gasteiger partial charge is 0.162 e. The number of nitrogens with two attached hydrogens (primary N) is 1. The van der Waals surface area contributed by atoms with Crippen LogP contribution in [0.1, 0.15) is 31.4 Å². The molecule has 0 radical (unpaired) electrons. The third-order valence-corrected chi connectivity index (χ3v) is 3.58. The summed E-state index contributed by atoms with van der Waals surface area (Å²) in [6.45, 7) is 4.45. The molecule has 4 nitrogen and oxygen atoms in total. The summed E-state index contributed by atoms with van der Waals surface area (Å²) in [5, 5.41) is 13.5. The standard InChI is InChI=1S/C14H22N2O2/c1-2-18-12-5-3-4-11(14(12)17)13(15)10-6-8-16-9-7-10/h3-5,10,13,16-17H,2,6-9,15H2,1H3/t13-/m1/s1. The predicted molar refractivity (Wildman–Crippen MR) is 71.8 cm³/mol. The van der Waals surface area contributed by atoms with Crippen LogP contribution < -0.4 is 15.8 Å². The third kappa shape index (κ3) is 2.76. The van der Waals surface area contributed by atoms with Crippen molar-refractivity contribution in [2.24, 2.45) is 11.7 Å². The maximum absolute atomic E-state index is 10.2. The van der Waals surface area contributed by atoms with Crippen molar-refractivity contribution in [1.29, 1.82) is 0 Å². The van der Waals surface area contributed by atoms with Gasteiger partial charge in [-0.1, -0.05) is 12.1 Å². The summed E-state index contributed by atoms with van der Waals surface area (Å²) in [6, 6.07) is 5.44. The highest BCUT2D eigenvalue weighted by Crippen LogP contribution is 2.37. The lowest BCUT2D eigenvalue weighted by molar-refractivity contribution is 0.299. The van der Waals surface area contributed by atoms with Crippen LogP contribution in [0.15, 0.2) is 18.2 Å². The van der Waals surface area contributed by atoms with E-state index >= 15 is 0 Å². The molecular formula is C14H22N2O2. The van der Waals surface area contributed by atoms with Crippen LogP contribution in [0.25, 0.3) is 0 Å². The maximum atomic E-state index is 10.2. The van der Waals surface area contributed by atoms with E-state index in [0.29, 0.717) is 18.3 Å². The first kappa shape index (κ1) is 13.2. The van der Waals surface area contributed by atoms with E-state index < -0.39 is 0 Å². The number of benzene rings is 1. The molecule has 1 atom stereocenters. The van der Waals surface area contributed by atoms with Crippen LogP contribution in [0.2, 0.25) is 0 Å². The second kappa shape index (κ2) is 6.07. The van der Waals surface area contributed by atoms with E-state index in [1.807, 2.05) is 19.1 Å². The topological polar surface area (TPSA) is 67.5 Å². The zero-order valence-corrected chi connectivity index (χ0v) is 10.9. The van der Waals surface area contributed by atoms with Crippen LogP contribution in [-0.2, 0) is 0 Å². The molecule has 0 bridgehead atoms. The van der Waals surface area contributed by atoms with E-state index in [0.717, 1.165) is 31.5 Å². The maximum Gasteiger partial charge on any atom is 0.162 e. The molecule has 18 heavy (non-hydrogen) atoms. The first-order chi connectivity index (χ1) is 8.74. The second-order valence-corrected chi connectivity index (χ2v) is 4.74. The fourth-order valence-electron chi connectivity index (χ4n) is 2.54. The van der Waals surface area contributed by atoms with Gasteiger partial charge < -0.3 is 20.9 Å². The lowest BCUT2D eigenvalue weighted by Crippen LogP contribution is -2.33. The summed E-state index contributed by atoms with van der Waals surface area (Å²) in [5.74, 6) is 1.15. The molecule has 4 N–H and O–H groups in total. The van der Waals surface area contributed by atoms with Crippen LogP contribution in [0.4, 0.5) is 0 Å². The fourth-order valence-corrected chi connectivity index (χ4v) is 2.54. The molecule has 2 rings (SSSR count). The van der Waals surface area contributed by atoms with Crippen LogP contribution in [0.5, 0.6) is 11.5 Å². The summed E-state index contributed by atoms with van der Waals surface area (Å²) in [7, 11) is 0. The Labute approximate surface area is 108 Å². The number of ether oxygens (including phenoxy) is 1. The molecule has 0 unspecified atom stereocenters. The van der Waals surface area contributed by atoms with Crippen LogP contribution >= 0.6 is 0 Å².